The van der Waals surface area contributed by atoms with Crippen LogP contribution in [-0.4, -0.2) is 57.9 Å². The van der Waals surface area contributed by atoms with Crippen molar-refractivity contribution in [2.24, 2.45) is 10.8 Å². The van der Waals surface area contributed by atoms with Crippen molar-refractivity contribution in [2.75, 3.05) is 20.8 Å². The Morgan fingerprint density at radius 2 is 1.96 bits per heavy atom. The number of ether oxygens (including phenoxy) is 4. The Bertz CT molecular complexity index is 602. The van der Waals surface area contributed by atoms with Gasteiger partial charge in [-0.15, -0.1) is 0 Å². The molecule has 0 spiro atoms. The van der Waals surface area contributed by atoms with E-state index in [9.17, 15) is 9.59 Å². The lowest BCUT2D eigenvalue weighted by Gasteiger charge is -2.41. The molecule has 0 unspecified atom stereocenters. The topological polar surface area (TPSA) is 74.2 Å². The molecule has 7 heteroatoms. The highest BCUT2D eigenvalue weighted by molar-refractivity contribution is 6.72. The van der Waals surface area contributed by atoms with Crippen LogP contribution in [-0.2, 0) is 23.7 Å². The summed E-state index contributed by atoms with van der Waals surface area (Å²) in [5, 5.41) is -0.207. The van der Waals surface area contributed by atoms with E-state index in [1.54, 1.807) is 14.2 Å². The van der Waals surface area contributed by atoms with Crippen molar-refractivity contribution in [1.29, 1.82) is 0 Å². The molecule has 1 N–H and O–H groups in total. The van der Waals surface area contributed by atoms with Crippen LogP contribution in [0.15, 0.2) is 0 Å². The van der Waals surface area contributed by atoms with Crippen molar-refractivity contribution in [3.63, 3.8) is 0 Å². The van der Waals surface area contributed by atoms with Gasteiger partial charge in [-0.25, -0.2) is 0 Å². The summed E-state index contributed by atoms with van der Waals surface area (Å²) < 4.78 is 23.2. The molecule has 0 amide bonds. The minimum atomic E-state index is -2.41. The summed E-state index contributed by atoms with van der Waals surface area (Å²) in [6.07, 6.45) is 3.19. The van der Waals surface area contributed by atoms with Gasteiger partial charge in [0.05, 0.1) is 24.7 Å². The first-order valence-electron chi connectivity index (χ1n) is 10.0. The van der Waals surface area contributed by atoms with E-state index in [1.165, 1.54) is 0 Å². The molecule has 156 valence electrons. The number of carbonyl (C=O) groups excluding carboxylic acids is 1. The fourth-order valence-electron chi connectivity index (χ4n) is 5.79. The maximum absolute atomic E-state index is 12.4. The molecule has 3 rings (SSSR count). The van der Waals surface area contributed by atoms with Crippen LogP contribution in [0.25, 0.3) is 0 Å². The average molecular weight is 401 g/mol. The molecule has 5 atom stereocenters. The van der Waals surface area contributed by atoms with Crippen molar-refractivity contribution in [1.82, 2.24) is 0 Å². The summed E-state index contributed by atoms with van der Waals surface area (Å²) in [6.45, 7) is 10.5. The van der Waals surface area contributed by atoms with Crippen LogP contribution in [0.4, 0.5) is 0 Å². The maximum atomic E-state index is 12.4. The summed E-state index contributed by atoms with van der Waals surface area (Å²) in [5.41, 5.74) is -0.780. The van der Waals surface area contributed by atoms with Crippen molar-refractivity contribution in [3.8, 4) is 0 Å². The monoisotopic (exact) mass is 400 g/mol. The summed E-state index contributed by atoms with van der Waals surface area (Å²) in [7, 11) is 0.989. The van der Waals surface area contributed by atoms with Gasteiger partial charge >= 0.3 is 5.97 Å². The molecule has 2 aliphatic carbocycles. The van der Waals surface area contributed by atoms with Gasteiger partial charge in [-0.1, -0.05) is 13.8 Å². The first kappa shape index (κ1) is 21.2. The zero-order valence-corrected chi connectivity index (χ0v) is 18.9. The molecule has 27 heavy (non-hydrogen) atoms. The molecule has 0 aromatic rings. The molecule has 0 aromatic heterocycles. The van der Waals surface area contributed by atoms with Crippen LogP contribution >= 0.6 is 0 Å². The van der Waals surface area contributed by atoms with Crippen LogP contribution in [0.2, 0.25) is 18.1 Å². The summed E-state index contributed by atoms with van der Waals surface area (Å²) >= 11 is 0. The number of methoxy groups -OCH3 is 2. The minimum Gasteiger partial charge on any atom is -0.466 e. The van der Waals surface area contributed by atoms with E-state index in [2.05, 4.69) is 13.8 Å². The number of rotatable bonds is 8. The lowest BCUT2D eigenvalue weighted by Crippen LogP contribution is -2.45. The number of hydrogen-bond donors (Lipinski definition) is 1. The number of fused-ring (bicyclic) bond motifs is 3. The van der Waals surface area contributed by atoms with Gasteiger partial charge < -0.3 is 23.7 Å². The number of esters is 1. The second-order valence-electron chi connectivity index (χ2n) is 10.0. The van der Waals surface area contributed by atoms with Gasteiger partial charge in [0.2, 0.25) is 0 Å². The predicted molar refractivity (Wildman–Crippen MR) is 104 cm³/mol. The van der Waals surface area contributed by atoms with Gasteiger partial charge in [-0.2, -0.15) is 0 Å². The van der Waals surface area contributed by atoms with Crippen LogP contribution in [0.3, 0.4) is 0 Å². The molecular weight excluding hydrogens is 364 g/mol. The molecule has 2 saturated carbocycles. The molecule has 1 saturated heterocycles. The molecule has 6 nitrogen and oxygen atoms in total. The smallest absolute Gasteiger partial charge is 0.306 e. The normalized spacial score (nSPS) is 40.6. The SMILES string of the molecule is CCOC(=O)C[C@]12C[C@]3(OC)C[C@@H](OC)O[C@@H]3[C@@]1(CC(C)(C)[Si](C)(C)O)C2. The first-order valence-corrected chi connectivity index (χ1v) is 13.0. The van der Waals surface area contributed by atoms with E-state index in [1.807, 2.05) is 20.0 Å². The van der Waals surface area contributed by atoms with Gasteiger partial charge in [0.25, 0.3) is 0 Å². The van der Waals surface area contributed by atoms with E-state index in [0.29, 0.717) is 19.4 Å². The quantitative estimate of drug-likeness (QED) is 0.498. The van der Waals surface area contributed by atoms with E-state index in [4.69, 9.17) is 18.9 Å². The molecule has 1 heterocycles. The third-order valence-electron chi connectivity index (χ3n) is 7.87. The van der Waals surface area contributed by atoms with Crippen LogP contribution in [0, 0.1) is 10.8 Å². The van der Waals surface area contributed by atoms with Gasteiger partial charge in [-0.05, 0) is 49.7 Å². The third kappa shape index (κ3) is 3.10. The average Bonchev–Trinajstić information content (AvgIpc) is 2.87. The van der Waals surface area contributed by atoms with Crippen LogP contribution in [0.1, 0.15) is 52.9 Å². The van der Waals surface area contributed by atoms with Crippen molar-refractivity contribution in [3.05, 3.63) is 0 Å². The Morgan fingerprint density at radius 1 is 1.30 bits per heavy atom. The molecule has 3 fully saturated rings. The lowest BCUT2D eigenvalue weighted by molar-refractivity contribution is -0.147. The van der Waals surface area contributed by atoms with Gasteiger partial charge in [0, 0.05) is 26.1 Å². The second kappa shape index (κ2) is 6.52. The highest BCUT2D eigenvalue weighted by atomic mass is 28.4. The molecule has 3 aliphatic rings. The Morgan fingerprint density at radius 3 is 2.48 bits per heavy atom. The molecule has 0 aromatic carbocycles. The number of hydrogen-bond acceptors (Lipinski definition) is 6. The first-order chi connectivity index (χ1) is 12.4. The Hall–Kier alpha value is -0.473. The standard InChI is InChI=1S/C20H36O6Si/c1-8-25-14(21)9-18-12-19(18,11-17(2,3)27(6,7)22)16-20(13-18,24-5)10-15(23-4)26-16/h15-16,22H,8-13H2,1-7H3/t15-,16+,18-,19+,20+/m0/s1. The van der Waals surface area contributed by atoms with Gasteiger partial charge in [0.15, 0.2) is 14.6 Å². The Balaban J connectivity index is 1.96. The zero-order chi connectivity index (χ0) is 20.3. The summed E-state index contributed by atoms with van der Waals surface area (Å²) in [6, 6.07) is 0. The Kier molecular flexibility index (Phi) is 5.13. The molecule has 0 radical (unpaired) electrons. The largest absolute Gasteiger partial charge is 0.466 e. The van der Waals surface area contributed by atoms with Crippen molar-refractivity contribution >= 4 is 14.3 Å². The third-order valence-corrected chi connectivity index (χ3v) is 11.4. The number of carbonyl (C=O) groups is 1. The van der Waals surface area contributed by atoms with E-state index >= 15 is 0 Å². The zero-order valence-electron chi connectivity index (χ0n) is 17.9. The second-order valence-corrected chi connectivity index (χ2v) is 14.5. The fraction of sp³-hybridized carbons (Fsp3) is 0.950. The molecular formula is C20H36O6Si. The highest BCUT2D eigenvalue weighted by Gasteiger charge is 2.84. The van der Waals surface area contributed by atoms with Gasteiger partial charge in [0.1, 0.15) is 0 Å². The van der Waals surface area contributed by atoms with E-state index in [0.717, 1.165) is 19.3 Å². The van der Waals surface area contributed by atoms with Crippen LogP contribution in [0.5, 0.6) is 0 Å². The molecule has 1 aliphatic heterocycles. The van der Waals surface area contributed by atoms with Crippen LogP contribution < -0.4 is 0 Å². The van der Waals surface area contributed by atoms with Crippen molar-refractivity contribution < 1.29 is 28.5 Å². The maximum Gasteiger partial charge on any atom is 0.306 e. The summed E-state index contributed by atoms with van der Waals surface area (Å²) in [4.78, 5) is 23.3. The van der Waals surface area contributed by atoms with Gasteiger partial charge in [-0.3, -0.25) is 4.79 Å². The molecule has 0 bridgehead atoms. The fourth-order valence-corrected chi connectivity index (χ4v) is 6.54. The van der Waals surface area contributed by atoms with Crippen molar-refractivity contribution in [2.45, 2.75) is 89.0 Å². The highest BCUT2D eigenvalue weighted by Crippen LogP contribution is 2.83. The van der Waals surface area contributed by atoms with E-state index in [-0.39, 0.29) is 34.2 Å². The lowest BCUT2D eigenvalue weighted by atomic mass is 9.83. The Labute approximate surface area is 164 Å². The minimum absolute atomic E-state index is 0.120. The summed E-state index contributed by atoms with van der Waals surface area (Å²) in [5.74, 6) is -0.146. The predicted octanol–water partition coefficient (Wildman–Crippen LogP) is 3.23. The van der Waals surface area contributed by atoms with E-state index < -0.39 is 13.9 Å².